The van der Waals surface area contributed by atoms with Crippen LogP contribution in [0.1, 0.15) is 42.9 Å². The molecule has 1 unspecified atom stereocenters. The molecule has 1 aliphatic heterocycles. The molecule has 2 N–H and O–H groups in total. The van der Waals surface area contributed by atoms with Gasteiger partial charge in [-0.25, -0.2) is 0 Å². The first-order valence-electron chi connectivity index (χ1n) is 7.33. The van der Waals surface area contributed by atoms with Crippen molar-refractivity contribution < 1.29 is 4.79 Å². The smallest absolute Gasteiger partial charge is 0.282 e. The SMILES string of the molecule is CCCNc1nnc(C(=O)NC2CCCN(CC)C2)s1. The number of carbonyl (C=O) groups is 1. The fourth-order valence-corrected chi connectivity index (χ4v) is 3.00. The Hall–Kier alpha value is -1.21. The van der Waals surface area contributed by atoms with Crippen LogP contribution in [0.25, 0.3) is 0 Å². The quantitative estimate of drug-likeness (QED) is 0.834. The first kappa shape index (κ1) is 15.2. The maximum atomic E-state index is 12.1. The van der Waals surface area contributed by atoms with E-state index in [1.165, 1.54) is 11.3 Å². The second kappa shape index (κ2) is 7.54. The Balaban J connectivity index is 1.86. The first-order valence-corrected chi connectivity index (χ1v) is 8.15. The molecule has 0 spiro atoms. The zero-order valence-corrected chi connectivity index (χ0v) is 13.0. The van der Waals surface area contributed by atoms with E-state index in [9.17, 15) is 4.79 Å². The molecule has 0 radical (unpaired) electrons. The van der Waals surface area contributed by atoms with Gasteiger partial charge in [-0.05, 0) is 32.4 Å². The van der Waals surface area contributed by atoms with Gasteiger partial charge in [0.25, 0.3) is 5.91 Å². The van der Waals surface area contributed by atoms with Crippen LogP contribution in [0.15, 0.2) is 0 Å². The summed E-state index contributed by atoms with van der Waals surface area (Å²) in [4.78, 5) is 14.5. The van der Waals surface area contributed by atoms with E-state index in [4.69, 9.17) is 0 Å². The molecule has 6 nitrogen and oxygen atoms in total. The Labute approximate surface area is 124 Å². The van der Waals surface area contributed by atoms with E-state index in [1.54, 1.807) is 0 Å². The van der Waals surface area contributed by atoms with Gasteiger partial charge in [-0.3, -0.25) is 4.79 Å². The van der Waals surface area contributed by atoms with Crippen molar-refractivity contribution >= 4 is 22.4 Å². The van der Waals surface area contributed by atoms with Gasteiger partial charge < -0.3 is 15.5 Å². The third-order valence-corrected chi connectivity index (χ3v) is 4.31. The third kappa shape index (κ3) is 4.14. The van der Waals surface area contributed by atoms with E-state index in [0.717, 1.165) is 50.6 Å². The summed E-state index contributed by atoms with van der Waals surface area (Å²) in [7, 11) is 0. The number of aromatic nitrogens is 2. The lowest BCUT2D eigenvalue weighted by molar-refractivity contribution is 0.0904. The monoisotopic (exact) mass is 297 g/mol. The number of likely N-dealkylation sites (N-methyl/N-ethyl adjacent to an activating group) is 1. The summed E-state index contributed by atoms with van der Waals surface area (Å²) in [6.45, 7) is 8.19. The normalized spacial score (nSPS) is 19.8. The second-order valence-electron chi connectivity index (χ2n) is 5.04. The van der Waals surface area contributed by atoms with Crippen LogP contribution >= 0.6 is 11.3 Å². The predicted molar refractivity (Wildman–Crippen MR) is 81.3 cm³/mol. The van der Waals surface area contributed by atoms with Crippen LogP contribution in [0.4, 0.5) is 5.13 Å². The minimum Gasteiger partial charge on any atom is -0.360 e. The van der Waals surface area contributed by atoms with Gasteiger partial charge in [-0.2, -0.15) is 0 Å². The molecule has 1 amide bonds. The maximum absolute atomic E-state index is 12.1. The molecule has 20 heavy (non-hydrogen) atoms. The fraction of sp³-hybridized carbons (Fsp3) is 0.769. The third-order valence-electron chi connectivity index (χ3n) is 3.43. The summed E-state index contributed by atoms with van der Waals surface area (Å²) in [6.07, 6.45) is 3.20. The Morgan fingerprint density at radius 2 is 2.30 bits per heavy atom. The molecular formula is C13H23N5OS. The number of likely N-dealkylation sites (tertiary alicyclic amines) is 1. The van der Waals surface area contributed by atoms with Crippen molar-refractivity contribution in [1.82, 2.24) is 20.4 Å². The molecule has 1 aliphatic rings. The van der Waals surface area contributed by atoms with Crippen LogP contribution in [0.3, 0.4) is 0 Å². The minimum atomic E-state index is -0.102. The number of nitrogens with zero attached hydrogens (tertiary/aromatic N) is 3. The average Bonchev–Trinajstić information content (AvgIpc) is 2.94. The number of nitrogens with one attached hydrogen (secondary N) is 2. The van der Waals surface area contributed by atoms with E-state index in [1.807, 2.05) is 0 Å². The minimum absolute atomic E-state index is 0.102. The van der Waals surface area contributed by atoms with Gasteiger partial charge in [0.1, 0.15) is 0 Å². The molecule has 7 heteroatoms. The van der Waals surface area contributed by atoms with Gasteiger partial charge in [-0.15, -0.1) is 10.2 Å². The standard InChI is InChI=1S/C13H23N5OS/c1-3-7-14-13-17-16-12(20-13)11(19)15-10-6-5-8-18(4-2)9-10/h10H,3-9H2,1-2H3,(H,14,17)(H,15,19). The molecule has 2 heterocycles. The summed E-state index contributed by atoms with van der Waals surface area (Å²) >= 11 is 1.32. The van der Waals surface area contributed by atoms with E-state index >= 15 is 0 Å². The molecule has 2 rings (SSSR count). The molecular weight excluding hydrogens is 274 g/mol. The molecule has 1 atom stereocenters. The highest BCUT2D eigenvalue weighted by Crippen LogP contribution is 2.16. The molecule has 1 aromatic rings. The summed E-state index contributed by atoms with van der Waals surface area (Å²) in [5.74, 6) is -0.102. The first-order chi connectivity index (χ1) is 9.72. The van der Waals surface area contributed by atoms with Crippen LogP contribution in [-0.2, 0) is 0 Å². The summed E-state index contributed by atoms with van der Waals surface area (Å²) in [6, 6.07) is 0.229. The van der Waals surface area contributed by atoms with Crippen molar-refractivity contribution in [3.63, 3.8) is 0 Å². The Morgan fingerprint density at radius 1 is 1.45 bits per heavy atom. The number of amides is 1. The lowest BCUT2D eigenvalue weighted by Crippen LogP contribution is -2.47. The van der Waals surface area contributed by atoms with Crippen LogP contribution in [0, 0.1) is 0 Å². The Morgan fingerprint density at radius 3 is 3.05 bits per heavy atom. The molecule has 0 aromatic carbocycles. The average molecular weight is 297 g/mol. The van der Waals surface area contributed by atoms with Crippen LogP contribution in [0.5, 0.6) is 0 Å². The number of hydrogen-bond acceptors (Lipinski definition) is 6. The van der Waals surface area contributed by atoms with Crippen LogP contribution < -0.4 is 10.6 Å². The number of rotatable bonds is 6. The number of anilines is 1. The second-order valence-corrected chi connectivity index (χ2v) is 6.02. The van der Waals surface area contributed by atoms with Crippen molar-refractivity contribution in [2.45, 2.75) is 39.2 Å². The highest BCUT2D eigenvalue weighted by molar-refractivity contribution is 7.17. The largest absolute Gasteiger partial charge is 0.360 e. The topological polar surface area (TPSA) is 70.1 Å². The number of hydrogen-bond donors (Lipinski definition) is 2. The zero-order valence-electron chi connectivity index (χ0n) is 12.2. The van der Waals surface area contributed by atoms with Crippen molar-refractivity contribution in [3.05, 3.63) is 5.01 Å². The molecule has 112 valence electrons. The summed E-state index contributed by atoms with van der Waals surface area (Å²) in [5, 5.41) is 15.3. The lowest BCUT2D eigenvalue weighted by Gasteiger charge is -2.31. The molecule has 0 aliphatic carbocycles. The van der Waals surface area contributed by atoms with Gasteiger partial charge in [0.15, 0.2) is 0 Å². The highest BCUT2D eigenvalue weighted by Gasteiger charge is 2.22. The van der Waals surface area contributed by atoms with Crippen LogP contribution in [-0.4, -0.2) is 53.2 Å². The molecule has 0 saturated carbocycles. The van der Waals surface area contributed by atoms with E-state index < -0.39 is 0 Å². The Kier molecular flexibility index (Phi) is 5.72. The van der Waals surface area contributed by atoms with Crippen molar-refractivity contribution in [1.29, 1.82) is 0 Å². The maximum Gasteiger partial charge on any atom is 0.282 e. The van der Waals surface area contributed by atoms with Crippen molar-refractivity contribution in [2.75, 3.05) is 31.5 Å². The van der Waals surface area contributed by atoms with Gasteiger partial charge in [0.2, 0.25) is 10.1 Å². The number of carbonyl (C=O) groups excluding carboxylic acids is 1. The van der Waals surface area contributed by atoms with Crippen molar-refractivity contribution in [2.24, 2.45) is 0 Å². The lowest BCUT2D eigenvalue weighted by atomic mass is 10.1. The van der Waals surface area contributed by atoms with Crippen molar-refractivity contribution in [3.8, 4) is 0 Å². The molecule has 1 fully saturated rings. The van der Waals surface area contributed by atoms with Gasteiger partial charge in [0, 0.05) is 19.1 Å². The molecule has 0 bridgehead atoms. The van der Waals surface area contributed by atoms with Gasteiger partial charge >= 0.3 is 0 Å². The Bertz CT molecular complexity index is 436. The molecule has 1 aromatic heterocycles. The van der Waals surface area contributed by atoms with E-state index in [2.05, 4.69) is 39.6 Å². The van der Waals surface area contributed by atoms with Gasteiger partial charge in [-0.1, -0.05) is 25.2 Å². The summed E-state index contributed by atoms with van der Waals surface area (Å²) < 4.78 is 0. The predicted octanol–water partition coefficient (Wildman–Crippen LogP) is 1.57. The molecule has 1 saturated heterocycles. The van der Waals surface area contributed by atoms with E-state index in [-0.39, 0.29) is 11.9 Å². The zero-order chi connectivity index (χ0) is 14.4. The highest BCUT2D eigenvalue weighted by atomic mass is 32.1. The van der Waals surface area contributed by atoms with Gasteiger partial charge in [0.05, 0.1) is 0 Å². The fourth-order valence-electron chi connectivity index (χ4n) is 2.33. The number of piperidine rings is 1. The summed E-state index contributed by atoms with van der Waals surface area (Å²) in [5.41, 5.74) is 0. The van der Waals surface area contributed by atoms with Crippen LogP contribution in [0.2, 0.25) is 0 Å². The van der Waals surface area contributed by atoms with E-state index in [0.29, 0.717) is 5.01 Å².